The first-order valence-electron chi connectivity index (χ1n) is 9.03. The van der Waals surface area contributed by atoms with Crippen molar-refractivity contribution < 1.29 is 4.79 Å². The second-order valence-corrected chi connectivity index (χ2v) is 7.34. The third kappa shape index (κ3) is 3.90. The van der Waals surface area contributed by atoms with Gasteiger partial charge in [-0.05, 0) is 41.0 Å². The molecule has 2 nitrogen and oxygen atoms in total. The number of amides is 1. The summed E-state index contributed by atoms with van der Waals surface area (Å²) in [6, 6.07) is 33.8. The van der Waals surface area contributed by atoms with Crippen LogP contribution in [0.2, 0.25) is 0 Å². The van der Waals surface area contributed by atoms with Gasteiger partial charge < -0.3 is 5.32 Å². The number of hydrogen-bond donors (Lipinski definition) is 1. The lowest BCUT2D eigenvalue weighted by molar-refractivity contribution is 0.102. The Kier molecular flexibility index (Phi) is 5.36. The highest BCUT2D eigenvalue weighted by Crippen LogP contribution is 2.36. The van der Waals surface area contributed by atoms with Gasteiger partial charge in [0.05, 0.1) is 0 Å². The lowest BCUT2D eigenvalue weighted by atomic mass is 9.93. The normalized spacial score (nSPS) is 10.5. The molecule has 0 saturated heterocycles. The summed E-state index contributed by atoms with van der Waals surface area (Å²) in [6.07, 6.45) is 0. The van der Waals surface area contributed by atoms with E-state index < -0.39 is 0 Å². The lowest BCUT2D eigenvalue weighted by Crippen LogP contribution is -2.12. The minimum Gasteiger partial charge on any atom is -0.321 e. The third-order valence-corrected chi connectivity index (χ3v) is 5.06. The molecule has 3 heteroatoms. The number of carbonyl (C=O) groups excluding carboxylic acids is 1. The topological polar surface area (TPSA) is 29.1 Å². The van der Waals surface area contributed by atoms with Crippen molar-refractivity contribution in [2.75, 3.05) is 5.32 Å². The number of rotatable bonds is 4. The average Bonchev–Trinajstić information content (AvgIpc) is 2.75. The molecule has 0 radical (unpaired) electrons. The fraction of sp³-hybridized carbons (Fsp3) is 0. The molecule has 0 bridgehead atoms. The van der Waals surface area contributed by atoms with E-state index in [1.807, 2.05) is 72.8 Å². The zero-order valence-corrected chi connectivity index (χ0v) is 16.7. The maximum Gasteiger partial charge on any atom is 0.255 e. The Bertz CT molecular complexity index is 1120. The van der Waals surface area contributed by atoms with Crippen LogP contribution in [0.4, 0.5) is 5.69 Å². The van der Waals surface area contributed by atoms with Crippen LogP contribution < -0.4 is 5.32 Å². The van der Waals surface area contributed by atoms with E-state index in [0.717, 1.165) is 32.4 Å². The second-order valence-electron chi connectivity index (χ2n) is 6.42. The van der Waals surface area contributed by atoms with Crippen molar-refractivity contribution in [1.82, 2.24) is 0 Å². The Hall–Kier alpha value is -3.17. The molecule has 0 aliphatic carbocycles. The first-order valence-corrected chi connectivity index (χ1v) is 9.82. The maximum atomic E-state index is 12.8. The van der Waals surface area contributed by atoms with E-state index in [-0.39, 0.29) is 5.91 Å². The molecule has 0 aliphatic heterocycles. The summed E-state index contributed by atoms with van der Waals surface area (Å²) in [6.45, 7) is 0. The number of nitrogens with one attached hydrogen (secondary N) is 1. The van der Waals surface area contributed by atoms with Crippen LogP contribution in [0, 0.1) is 0 Å². The number of benzene rings is 4. The Morgan fingerprint density at radius 2 is 1.29 bits per heavy atom. The molecule has 1 N–H and O–H groups in total. The molecule has 4 aromatic rings. The van der Waals surface area contributed by atoms with E-state index in [0.29, 0.717) is 5.56 Å². The number of para-hydroxylation sites is 1. The van der Waals surface area contributed by atoms with Crippen molar-refractivity contribution in [3.63, 3.8) is 0 Å². The van der Waals surface area contributed by atoms with E-state index in [9.17, 15) is 4.79 Å². The Labute approximate surface area is 173 Å². The Morgan fingerprint density at radius 3 is 2.04 bits per heavy atom. The lowest BCUT2D eigenvalue weighted by Gasteiger charge is -2.15. The highest BCUT2D eigenvalue weighted by molar-refractivity contribution is 9.10. The molecular formula is C25H18BrNO. The SMILES string of the molecule is O=C(Nc1ccccc1-c1ccccc1-c1ccccc1)c1cccc(Br)c1. The molecule has 0 heterocycles. The van der Waals surface area contributed by atoms with Gasteiger partial charge in [0.2, 0.25) is 0 Å². The van der Waals surface area contributed by atoms with Crippen LogP contribution in [0.25, 0.3) is 22.3 Å². The summed E-state index contributed by atoms with van der Waals surface area (Å²) in [4.78, 5) is 12.8. The molecule has 136 valence electrons. The van der Waals surface area contributed by atoms with Gasteiger partial charge in [0.25, 0.3) is 5.91 Å². The second kappa shape index (κ2) is 8.24. The number of carbonyl (C=O) groups is 1. The number of halogens is 1. The van der Waals surface area contributed by atoms with Gasteiger partial charge in [-0.1, -0.05) is 94.8 Å². The van der Waals surface area contributed by atoms with Gasteiger partial charge in [-0.25, -0.2) is 0 Å². The molecule has 0 aliphatic rings. The van der Waals surface area contributed by atoms with E-state index in [1.165, 1.54) is 0 Å². The van der Waals surface area contributed by atoms with Crippen molar-refractivity contribution in [3.05, 3.63) is 113 Å². The van der Waals surface area contributed by atoms with Gasteiger partial charge in [0, 0.05) is 21.3 Å². The summed E-state index contributed by atoms with van der Waals surface area (Å²) < 4.78 is 0.878. The number of hydrogen-bond acceptors (Lipinski definition) is 1. The van der Waals surface area contributed by atoms with Crippen LogP contribution in [-0.4, -0.2) is 5.91 Å². The van der Waals surface area contributed by atoms with E-state index in [4.69, 9.17) is 0 Å². The average molecular weight is 428 g/mol. The highest BCUT2D eigenvalue weighted by Gasteiger charge is 2.13. The van der Waals surface area contributed by atoms with Crippen molar-refractivity contribution in [3.8, 4) is 22.3 Å². The van der Waals surface area contributed by atoms with Crippen LogP contribution >= 0.6 is 15.9 Å². The van der Waals surface area contributed by atoms with Gasteiger partial charge in [-0.3, -0.25) is 4.79 Å². The molecular weight excluding hydrogens is 410 g/mol. The summed E-state index contributed by atoms with van der Waals surface area (Å²) in [7, 11) is 0. The van der Waals surface area contributed by atoms with Crippen LogP contribution in [-0.2, 0) is 0 Å². The third-order valence-electron chi connectivity index (χ3n) is 4.56. The summed E-state index contributed by atoms with van der Waals surface area (Å²) in [5, 5.41) is 3.07. The van der Waals surface area contributed by atoms with Gasteiger partial charge in [-0.2, -0.15) is 0 Å². The van der Waals surface area contributed by atoms with Crippen molar-refractivity contribution in [2.24, 2.45) is 0 Å². The molecule has 0 aromatic heterocycles. The van der Waals surface area contributed by atoms with E-state index in [1.54, 1.807) is 6.07 Å². The number of anilines is 1. The van der Waals surface area contributed by atoms with Crippen LogP contribution in [0.3, 0.4) is 0 Å². The van der Waals surface area contributed by atoms with Gasteiger partial charge >= 0.3 is 0 Å². The summed E-state index contributed by atoms with van der Waals surface area (Å²) >= 11 is 3.42. The molecule has 1 amide bonds. The minimum absolute atomic E-state index is 0.133. The zero-order chi connectivity index (χ0) is 19.3. The molecule has 0 spiro atoms. The quantitative estimate of drug-likeness (QED) is 0.371. The van der Waals surface area contributed by atoms with Crippen LogP contribution in [0.1, 0.15) is 10.4 Å². The maximum absolute atomic E-state index is 12.8. The van der Waals surface area contributed by atoms with Crippen molar-refractivity contribution in [1.29, 1.82) is 0 Å². The van der Waals surface area contributed by atoms with E-state index >= 15 is 0 Å². The smallest absolute Gasteiger partial charge is 0.255 e. The first-order chi connectivity index (χ1) is 13.7. The van der Waals surface area contributed by atoms with Crippen LogP contribution in [0.15, 0.2) is 108 Å². The summed E-state index contributed by atoms with van der Waals surface area (Å²) in [5.74, 6) is -0.133. The Morgan fingerprint density at radius 1 is 0.643 bits per heavy atom. The molecule has 4 aromatic carbocycles. The molecule has 28 heavy (non-hydrogen) atoms. The summed E-state index contributed by atoms with van der Waals surface area (Å²) in [5.41, 5.74) is 5.75. The molecule has 4 rings (SSSR count). The van der Waals surface area contributed by atoms with Gasteiger partial charge in [0.1, 0.15) is 0 Å². The monoisotopic (exact) mass is 427 g/mol. The molecule has 0 saturated carbocycles. The molecule has 0 fully saturated rings. The standard InChI is InChI=1S/C25H18BrNO/c26-20-12-8-11-19(17-20)25(28)27-24-16-7-6-15-23(24)22-14-5-4-13-21(22)18-9-2-1-3-10-18/h1-17H,(H,27,28). The highest BCUT2D eigenvalue weighted by atomic mass is 79.9. The zero-order valence-electron chi connectivity index (χ0n) is 15.1. The van der Waals surface area contributed by atoms with Gasteiger partial charge in [-0.15, -0.1) is 0 Å². The van der Waals surface area contributed by atoms with Crippen molar-refractivity contribution in [2.45, 2.75) is 0 Å². The predicted molar refractivity (Wildman–Crippen MR) is 119 cm³/mol. The molecule has 0 unspecified atom stereocenters. The predicted octanol–water partition coefficient (Wildman–Crippen LogP) is 7.04. The van der Waals surface area contributed by atoms with Crippen molar-refractivity contribution >= 4 is 27.5 Å². The van der Waals surface area contributed by atoms with Crippen LogP contribution in [0.5, 0.6) is 0 Å². The largest absolute Gasteiger partial charge is 0.321 e. The van der Waals surface area contributed by atoms with Gasteiger partial charge in [0.15, 0.2) is 0 Å². The Balaban J connectivity index is 1.75. The minimum atomic E-state index is -0.133. The fourth-order valence-corrected chi connectivity index (χ4v) is 3.64. The fourth-order valence-electron chi connectivity index (χ4n) is 3.24. The van der Waals surface area contributed by atoms with E-state index in [2.05, 4.69) is 45.5 Å². The molecule has 0 atom stereocenters. The first kappa shape index (κ1) is 18.2.